The highest BCUT2D eigenvalue weighted by atomic mass is 19.1. The van der Waals surface area contributed by atoms with Crippen molar-refractivity contribution in [3.8, 4) is 16.9 Å². The van der Waals surface area contributed by atoms with E-state index in [2.05, 4.69) is 0 Å². The monoisotopic (exact) mass is 338 g/mol. The van der Waals surface area contributed by atoms with Gasteiger partial charge in [0, 0.05) is 0 Å². The highest BCUT2D eigenvalue weighted by Gasteiger charge is 2.15. The molecule has 2 nitrogen and oxygen atoms in total. The van der Waals surface area contributed by atoms with Crippen LogP contribution in [-0.4, -0.2) is 5.97 Å². The summed E-state index contributed by atoms with van der Waals surface area (Å²) < 4.78 is 32.5. The number of benzene rings is 3. The van der Waals surface area contributed by atoms with E-state index >= 15 is 0 Å². The van der Waals surface area contributed by atoms with Gasteiger partial charge >= 0.3 is 5.97 Å². The minimum atomic E-state index is -0.757. The van der Waals surface area contributed by atoms with Gasteiger partial charge in [-0.2, -0.15) is 0 Å². The molecular formula is C21H16F2O2. The first-order valence-electron chi connectivity index (χ1n) is 7.93. The van der Waals surface area contributed by atoms with E-state index in [4.69, 9.17) is 4.74 Å². The van der Waals surface area contributed by atoms with Crippen molar-refractivity contribution in [2.24, 2.45) is 0 Å². The molecule has 0 unspecified atom stereocenters. The summed E-state index contributed by atoms with van der Waals surface area (Å²) >= 11 is 0. The first-order chi connectivity index (χ1) is 12.1. The van der Waals surface area contributed by atoms with Crippen LogP contribution in [0.15, 0.2) is 66.7 Å². The van der Waals surface area contributed by atoms with E-state index in [1.54, 1.807) is 30.3 Å². The number of hydrogen-bond donors (Lipinski definition) is 0. The van der Waals surface area contributed by atoms with Crippen LogP contribution in [0.3, 0.4) is 0 Å². The van der Waals surface area contributed by atoms with Gasteiger partial charge in [0.1, 0.15) is 17.4 Å². The minimum absolute atomic E-state index is 0.148. The van der Waals surface area contributed by atoms with Gasteiger partial charge < -0.3 is 4.74 Å². The molecule has 0 aliphatic carbocycles. The lowest BCUT2D eigenvalue weighted by atomic mass is 10.0. The molecule has 0 fully saturated rings. The van der Waals surface area contributed by atoms with Gasteiger partial charge in [-0.1, -0.05) is 37.3 Å². The van der Waals surface area contributed by atoms with Crippen molar-refractivity contribution < 1.29 is 18.3 Å². The van der Waals surface area contributed by atoms with Crippen molar-refractivity contribution >= 4 is 5.97 Å². The summed E-state index contributed by atoms with van der Waals surface area (Å²) in [6, 6.07) is 17.0. The summed E-state index contributed by atoms with van der Waals surface area (Å²) in [4.78, 5) is 12.2. The van der Waals surface area contributed by atoms with E-state index in [9.17, 15) is 13.6 Å². The number of esters is 1. The second kappa shape index (κ2) is 7.26. The average molecular weight is 338 g/mol. The number of halogens is 2. The average Bonchev–Trinajstić information content (AvgIpc) is 2.62. The molecule has 0 amide bonds. The first-order valence-corrected chi connectivity index (χ1v) is 7.93. The summed E-state index contributed by atoms with van der Waals surface area (Å²) in [6.45, 7) is 2.03. The number of ether oxygens (including phenoxy) is 1. The Morgan fingerprint density at radius 1 is 0.880 bits per heavy atom. The molecule has 0 spiro atoms. The summed E-state index contributed by atoms with van der Waals surface area (Å²) in [5.74, 6) is -1.44. The van der Waals surface area contributed by atoms with Crippen LogP contribution in [-0.2, 0) is 6.42 Å². The molecule has 0 N–H and O–H groups in total. The molecule has 0 heterocycles. The molecule has 0 bridgehead atoms. The second-order valence-electron chi connectivity index (χ2n) is 5.59. The quantitative estimate of drug-likeness (QED) is 0.469. The zero-order chi connectivity index (χ0) is 17.8. The van der Waals surface area contributed by atoms with Crippen molar-refractivity contribution in [2.45, 2.75) is 13.3 Å². The predicted octanol–water partition coefficient (Wildman–Crippen LogP) is 5.41. The number of rotatable bonds is 4. The van der Waals surface area contributed by atoms with Crippen molar-refractivity contribution in [1.82, 2.24) is 0 Å². The molecule has 0 aliphatic heterocycles. The lowest BCUT2D eigenvalue weighted by molar-refractivity contribution is 0.0730. The number of carbonyl (C=O) groups is 1. The zero-order valence-electron chi connectivity index (χ0n) is 13.6. The van der Waals surface area contributed by atoms with Crippen LogP contribution in [0.4, 0.5) is 8.78 Å². The van der Waals surface area contributed by atoms with Gasteiger partial charge in [-0.05, 0) is 59.5 Å². The van der Waals surface area contributed by atoms with Crippen molar-refractivity contribution in [3.05, 3.63) is 89.5 Å². The van der Waals surface area contributed by atoms with Crippen molar-refractivity contribution in [1.29, 1.82) is 0 Å². The van der Waals surface area contributed by atoms with Crippen molar-refractivity contribution in [3.63, 3.8) is 0 Å². The molecule has 0 radical (unpaired) electrons. The fraction of sp³-hybridized carbons (Fsp3) is 0.0952. The lowest BCUT2D eigenvalue weighted by Gasteiger charge is -2.08. The van der Waals surface area contributed by atoms with Crippen LogP contribution < -0.4 is 4.74 Å². The Labute approximate surface area is 144 Å². The molecule has 0 saturated carbocycles. The van der Waals surface area contributed by atoms with Crippen LogP contribution in [0.5, 0.6) is 5.75 Å². The Hall–Kier alpha value is -3.01. The van der Waals surface area contributed by atoms with Crippen LogP contribution in [0, 0.1) is 11.6 Å². The maximum atomic E-state index is 14.3. The number of hydrogen-bond acceptors (Lipinski definition) is 2. The molecule has 3 aromatic rings. The highest BCUT2D eigenvalue weighted by Crippen LogP contribution is 2.23. The summed E-state index contributed by atoms with van der Waals surface area (Å²) in [5, 5.41) is 0. The molecular weight excluding hydrogens is 322 g/mol. The fourth-order valence-electron chi connectivity index (χ4n) is 2.46. The second-order valence-corrected chi connectivity index (χ2v) is 5.59. The molecule has 0 atom stereocenters. The first kappa shape index (κ1) is 16.8. The third-order valence-corrected chi connectivity index (χ3v) is 3.91. The summed E-state index contributed by atoms with van der Waals surface area (Å²) in [7, 11) is 0. The van der Waals surface area contributed by atoms with Crippen LogP contribution in [0.25, 0.3) is 11.1 Å². The van der Waals surface area contributed by atoms with Gasteiger partial charge in [-0.25, -0.2) is 13.6 Å². The molecule has 25 heavy (non-hydrogen) atoms. The number of carbonyl (C=O) groups excluding carboxylic acids is 1. The van der Waals surface area contributed by atoms with Crippen LogP contribution in [0.2, 0.25) is 0 Å². The standard InChI is InChI=1S/C21H16F2O2/c1-2-14-3-10-18(11-4-14)25-21(24)19-12-7-16(13-20(19)23)15-5-8-17(22)9-6-15/h3-13H,2H2,1H3. The Morgan fingerprint density at radius 3 is 2.12 bits per heavy atom. The Bertz CT molecular complexity index is 885. The van der Waals surface area contributed by atoms with E-state index < -0.39 is 11.8 Å². The van der Waals surface area contributed by atoms with Crippen LogP contribution >= 0.6 is 0 Å². The molecule has 4 heteroatoms. The minimum Gasteiger partial charge on any atom is -0.423 e. The molecule has 0 aromatic heterocycles. The van der Waals surface area contributed by atoms with E-state index in [0.29, 0.717) is 16.9 Å². The van der Waals surface area contributed by atoms with E-state index in [0.717, 1.165) is 12.0 Å². The molecule has 3 rings (SSSR count). The fourth-order valence-corrected chi connectivity index (χ4v) is 2.46. The molecule has 3 aromatic carbocycles. The Morgan fingerprint density at radius 2 is 1.52 bits per heavy atom. The third-order valence-electron chi connectivity index (χ3n) is 3.91. The normalized spacial score (nSPS) is 10.5. The molecule has 0 saturated heterocycles. The smallest absolute Gasteiger partial charge is 0.346 e. The summed E-state index contributed by atoms with van der Waals surface area (Å²) in [6.07, 6.45) is 0.883. The predicted molar refractivity (Wildman–Crippen MR) is 92.6 cm³/mol. The maximum Gasteiger partial charge on any atom is 0.346 e. The van der Waals surface area contributed by atoms with Gasteiger partial charge in [-0.3, -0.25) is 0 Å². The summed E-state index contributed by atoms with van der Waals surface area (Å²) in [5.41, 5.74) is 2.19. The number of aryl methyl sites for hydroxylation is 1. The molecule has 126 valence electrons. The Kier molecular flexibility index (Phi) is 4.89. The maximum absolute atomic E-state index is 14.3. The van der Waals surface area contributed by atoms with Gasteiger partial charge in [0.2, 0.25) is 0 Å². The van der Waals surface area contributed by atoms with E-state index in [1.165, 1.54) is 24.3 Å². The zero-order valence-corrected chi connectivity index (χ0v) is 13.6. The van der Waals surface area contributed by atoms with Gasteiger partial charge in [0.05, 0.1) is 5.56 Å². The van der Waals surface area contributed by atoms with Gasteiger partial charge in [-0.15, -0.1) is 0 Å². The highest BCUT2D eigenvalue weighted by molar-refractivity contribution is 5.92. The largest absolute Gasteiger partial charge is 0.423 e. The SMILES string of the molecule is CCc1ccc(OC(=O)c2ccc(-c3ccc(F)cc3)cc2F)cc1. The topological polar surface area (TPSA) is 26.3 Å². The van der Waals surface area contributed by atoms with Gasteiger partial charge in [0.15, 0.2) is 0 Å². The van der Waals surface area contributed by atoms with E-state index in [1.807, 2.05) is 19.1 Å². The lowest BCUT2D eigenvalue weighted by Crippen LogP contribution is -2.10. The van der Waals surface area contributed by atoms with Crippen molar-refractivity contribution in [2.75, 3.05) is 0 Å². The molecule has 0 aliphatic rings. The Balaban J connectivity index is 1.79. The third kappa shape index (κ3) is 3.91. The van der Waals surface area contributed by atoms with E-state index in [-0.39, 0.29) is 11.4 Å². The van der Waals surface area contributed by atoms with Gasteiger partial charge in [0.25, 0.3) is 0 Å². The van der Waals surface area contributed by atoms with Crippen LogP contribution in [0.1, 0.15) is 22.8 Å².